The second-order valence-electron chi connectivity index (χ2n) is 4.44. The number of carbonyl (C=O) groups is 2. The maximum atomic E-state index is 12.2. The van der Waals surface area contributed by atoms with Gasteiger partial charge in [0.05, 0.1) is 0 Å². The van der Waals surface area contributed by atoms with Crippen molar-refractivity contribution in [3.05, 3.63) is 71.3 Å². The van der Waals surface area contributed by atoms with Crippen molar-refractivity contribution in [2.24, 2.45) is 0 Å². The molecule has 0 saturated carbocycles. The molecule has 0 unspecified atom stereocenters. The van der Waals surface area contributed by atoms with Gasteiger partial charge in [-0.15, -0.1) is 0 Å². The lowest BCUT2D eigenvalue weighted by molar-refractivity contribution is -0.131. The minimum absolute atomic E-state index is 0.234. The van der Waals surface area contributed by atoms with E-state index in [1.54, 1.807) is 42.5 Å². The molecule has 4 heteroatoms. The Bertz CT molecular complexity index is 747. The second-order valence-corrected chi connectivity index (χ2v) is 4.44. The van der Waals surface area contributed by atoms with Crippen molar-refractivity contribution in [2.45, 2.75) is 0 Å². The number of aliphatic carboxylic acids is 1. The van der Waals surface area contributed by atoms with Crippen LogP contribution in [0.3, 0.4) is 0 Å². The highest BCUT2D eigenvalue weighted by atomic mass is 16.4. The highest BCUT2D eigenvalue weighted by Crippen LogP contribution is 2.34. The Morgan fingerprint density at radius 3 is 2.25 bits per heavy atom. The molecule has 3 rings (SSSR count). The number of carboxylic acids is 1. The molecule has 0 fully saturated rings. The molecular weight excluding hydrogens is 254 g/mol. The van der Waals surface area contributed by atoms with Gasteiger partial charge in [0.25, 0.3) is 5.91 Å². The van der Waals surface area contributed by atoms with E-state index in [0.29, 0.717) is 28.0 Å². The van der Waals surface area contributed by atoms with E-state index < -0.39 is 5.97 Å². The maximum absolute atomic E-state index is 12.2. The van der Waals surface area contributed by atoms with Crippen molar-refractivity contribution in [3.63, 3.8) is 0 Å². The predicted octanol–water partition coefficient (Wildman–Crippen LogP) is 2.77. The van der Waals surface area contributed by atoms with E-state index in [9.17, 15) is 9.59 Å². The summed E-state index contributed by atoms with van der Waals surface area (Å²) in [5, 5.41) is 11.9. The van der Waals surface area contributed by atoms with Crippen LogP contribution in [0.4, 0.5) is 5.69 Å². The van der Waals surface area contributed by atoms with Crippen LogP contribution in [0, 0.1) is 0 Å². The number of anilines is 1. The summed E-state index contributed by atoms with van der Waals surface area (Å²) >= 11 is 0. The van der Waals surface area contributed by atoms with Gasteiger partial charge in [0.2, 0.25) is 0 Å². The van der Waals surface area contributed by atoms with E-state index in [-0.39, 0.29) is 5.91 Å². The van der Waals surface area contributed by atoms with Crippen LogP contribution in [0.1, 0.15) is 21.5 Å². The van der Waals surface area contributed by atoms with Crippen LogP contribution in [0.5, 0.6) is 0 Å². The van der Waals surface area contributed by atoms with Crippen LogP contribution in [0.2, 0.25) is 0 Å². The van der Waals surface area contributed by atoms with Crippen molar-refractivity contribution in [2.75, 3.05) is 5.32 Å². The first-order chi connectivity index (χ1) is 9.66. The number of para-hydroxylation sites is 1. The minimum atomic E-state index is -1.04. The summed E-state index contributed by atoms with van der Waals surface area (Å²) in [5.41, 5.74) is 2.94. The summed E-state index contributed by atoms with van der Waals surface area (Å²) in [6.45, 7) is 0. The molecule has 1 heterocycles. The van der Waals surface area contributed by atoms with E-state index in [1.807, 2.05) is 6.07 Å². The van der Waals surface area contributed by atoms with Gasteiger partial charge < -0.3 is 10.4 Å². The number of amides is 1. The summed E-state index contributed by atoms with van der Waals surface area (Å²) in [6.07, 6.45) is 1.14. The SMILES string of the molecule is O=C(O)C=C1c2ccccc2NC(=O)c2ccccc21. The third kappa shape index (κ3) is 1.97. The first-order valence-electron chi connectivity index (χ1n) is 6.11. The molecule has 0 atom stereocenters. The fourth-order valence-corrected chi connectivity index (χ4v) is 2.36. The molecule has 2 aromatic carbocycles. The normalized spacial score (nSPS) is 15.0. The highest BCUT2D eigenvalue weighted by Gasteiger charge is 2.22. The second kappa shape index (κ2) is 4.66. The molecule has 98 valence electrons. The number of carboxylic acid groups (broad SMARTS) is 1. The predicted molar refractivity (Wildman–Crippen MR) is 75.6 cm³/mol. The molecule has 0 spiro atoms. The number of nitrogens with one attached hydrogen (secondary N) is 1. The zero-order valence-electron chi connectivity index (χ0n) is 10.5. The van der Waals surface area contributed by atoms with E-state index in [1.165, 1.54) is 0 Å². The molecule has 1 aliphatic rings. The molecule has 0 bridgehead atoms. The van der Waals surface area contributed by atoms with Crippen molar-refractivity contribution >= 4 is 23.1 Å². The Labute approximate surface area is 115 Å². The van der Waals surface area contributed by atoms with Gasteiger partial charge in [-0.2, -0.15) is 0 Å². The van der Waals surface area contributed by atoms with E-state index in [2.05, 4.69) is 5.32 Å². The monoisotopic (exact) mass is 265 g/mol. The molecule has 1 aliphatic heterocycles. The van der Waals surface area contributed by atoms with E-state index in [4.69, 9.17) is 5.11 Å². The lowest BCUT2D eigenvalue weighted by atomic mass is 9.94. The van der Waals surface area contributed by atoms with Gasteiger partial charge in [0.1, 0.15) is 0 Å². The molecule has 4 nitrogen and oxygen atoms in total. The van der Waals surface area contributed by atoms with Gasteiger partial charge >= 0.3 is 5.97 Å². The quantitative estimate of drug-likeness (QED) is 0.779. The zero-order chi connectivity index (χ0) is 14.1. The van der Waals surface area contributed by atoms with Crippen LogP contribution in [-0.2, 0) is 4.79 Å². The molecule has 0 aliphatic carbocycles. The van der Waals surface area contributed by atoms with Crippen molar-refractivity contribution in [3.8, 4) is 0 Å². The van der Waals surface area contributed by atoms with Crippen LogP contribution < -0.4 is 5.32 Å². The molecular formula is C16H11NO3. The fraction of sp³-hybridized carbons (Fsp3) is 0. The molecule has 1 amide bonds. The topological polar surface area (TPSA) is 66.4 Å². The zero-order valence-corrected chi connectivity index (χ0v) is 10.5. The largest absolute Gasteiger partial charge is 0.478 e. The number of carbonyl (C=O) groups excluding carboxylic acids is 1. The standard InChI is InChI=1S/C16H11NO3/c18-15(19)9-13-10-5-1-2-7-12(10)16(20)17-14-8-4-3-6-11(13)14/h1-9H,(H,17,20)(H,18,19). The van der Waals surface area contributed by atoms with Crippen molar-refractivity contribution in [1.82, 2.24) is 0 Å². The molecule has 0 saturated heterocycles. The summed E-state index contributed by atoms with van der Waals surface area (Å²) in [6, 6.07) is 14.2. The van der Waals surface area contributed by atoms with Gasteiger partial charge in [0.15, 0.2) is 0 Å². The van der Waals surface area contributed by atoms with Crippen molar-refractivity contribution < 1.29 is 14.7 Å². The lowest BCUT2D eigenvalue weighted by Crippen LogP contribution is -2.11. The summed E-state index contributed by atoms with van der Waals surface area (Å²) in [7, 11) is 0. The Hall–Kier alpha value is -2.88. The Morgan fingerprint density at radius 1 is 0.950 bits per heavy atom. The van der Waals surface area contributed by atoms with Gasteiger partial charge in [-0.05, 0) is 23.3 Å². The third-order valence-electron chi connectivity index (χ3n) is 3.20. The van der Waals surface area contributed by atoms with E-state index in [0.717, 1.165) is 6.08 Å². The smallest absolute Gasteiger partial charge is 0.328 e. The lowest BCUT2D eigenvalue weighted by Gasteiger charge is -2.09. The van der Waals surface area contributed by atoms with Crippen LogP contribution in [-0.4, -0.2) is 17.0 Å². The first kappa shape index (κ1) is 12.2. The van der Waals surface area contributed by atoms with E-state index >= 15 is 0 Å². The van der Waals surface area contributed by atoms with Crippen LogP contribution in [0.25, 0.3) is 5.57 Å². The van der Waals surface area contributed by atoms with Gasteiger partial charge in [-0.1, -0.05) is 36.4 Å². The molecule has 2 aromatic rings. The first-order valence-corrected chi connectivity index (χ1v) is 6.11. The maximum Gasteiger partial charge on any atom is 0.328 e. The van der Waals surface area contributed by atoms with Crippen LogP contribution in [0.15, 0.2) is 54.6 Å². The van der Waals surface area contributed by atoms with Gasteiger partial charge in [0, 0.05) is 22.9 Å². The third-order valence-corrected chi connectivity index (χ3v) is 3.20. The highest BCUT2D eigenvalue weighted by molar-refractivity contribution is 6.14. The summed E-state index contributed by atoms with van der Waals surface area (Å²) in [5.74, 6) is -1.28. The van der Waals surface area contributed by atoms with Gasteiger partial charge in [-0.25, -0.2) is 4.79 Å². The molecule has 0 radical (unpaired) electrons. The van der Waals surface area contributed by atoms with Crippen molar-refractivity contribution in [1.29, 1.82) is 0 Å². The fourth-order valence-electron chi connectivity index (χ4n) is 2.36. The summed E-state index contributed by atoms with van der Waals surface area (Å²) < 4.78 is 0. The van der Waals surface area contributed by atoms with Crippen LogP contribution >= 0.6 is 0 Å². The average Bonchev–Trinajstić information content (AvgIpc) is 2.55. The molecule has 20 heavy (non-hydrogen) atoms. The summed E-state index contributed by atoms with van der Waals surface area (Å²) in [4.78, 5) is 23.3. The Morgan fingerprint density at radius 2 is 1.55 bits per heavy atom. The Kier molecular flexibility index (Phi) is 2.84. The average molecular weight is 265 g/mol. The minimum Gasteiger partial charge on any atom is -0.478 e. The van der Waals surface area contributed by atoms with Gasteiger partial charge in [-0.3, -0.25) is 4.79 Å². The number of benzene rings is 2. The number of fused-ring (bicyclic) bond motifs is 2. The number of rotatable bonds is 1. The molecule has 2 N–H and O–H groups in total. The number of hydrogen-bond donors (Lipinski definition) is 2. The molecule has 0 aromatic heterocycles. The number of hydrogen-bond acceptors (Lipinski definition) is 2. The Balaban J connectivity index is 2.35.